The van der Waals surface area contributed by atoms with Crippen molar-refractivity contribution >= 4 is 33.2 Å². The first-order chi connectivity index (χ1) is 16.0. The van der Waals surface area contributed by atoms with Crippen molar-refractivity contribution in [3.63, 3.8) is 0 Å². The van der Waals surface area contributed by atoms with Crippen molar-refractivity contribution in [2.75, 3.05) is 0 Å². The summed E-state index contributed by atoms with van der Waals surface area (Å²) in [4.78, 5) is 7.68. The lowest BCUT2D eigenvalue weighted by Gasteiger charge is -2.17. The maximum atomic E-state index is 12.6. The zero-order chi connectivity index (χ0) is 24.5. The van der Waals surface area contributed by atoms with Crippen LogP contribution >= 0.6 is 0 Å². The summed E-state index contributed by atoms with van der Waals surface area (Å²) >= 11 is 0. The van der Waals surface area contributed by atoms with E-state index >= 15 is 0 Å². The minimum absolute atomic E-state index is 0.0334. The van der Waals surface area contributed by atoms with Gasteiger partial charge in [0.2, 0.25) is 10.0 Å². The number of aromatic nitrogens is 2. The fourth-order valence-corrected chi connectivity index (χ4v) is 4.09. The van der Waals surface area contributed by atoms with E-state index in [4.69, 9.17) is 9.88 Å². The fourth-order valence-electron chi connectivity index (χ4n) is 3.33. The summed E-state index contributed by atoms with van der Waals surface area (Å²) in [6, 6.07) is 18.0. The molecule has 34 heavy (non-hydrogen) atoms. The number of benzene rings is 3. The van der Waals surface area contributed by atoms with Gasteiger partial charge in [-0.25, -0.2) is 18.5 Å². The number of aromatic amines is 1. The summed E-state index contributed by atoms with van der Waals surface area (Å²) in [6.07, 6.45) is -2.84. The van der Waals surface area contributed by atoms with E-state index in [2.05, 4.69) is 9.97 Å². The van der Waals surface area contributed by atoms with Crippen LogP contribution in [0.5, 0.6) is 5.75 Å². The van der Waals surface area contributed by atoms with Gasteiger partial charge in [-0.15, -0.1) is 0 Å². The van der Waals surface area contributed by atoms with Gasteiger partial charge in [0.15, 0.2) is 6.10 Å². The Morgan fingerprint density at radius 1 is 1.03 bits per heavy atom. The molecule has 0 bridgehead atoms. The summed E-state index contributed by atoms with van der Waals surface area (Å²) in [7, 11) is -3.89. The molecule has 1 aromatic heterocycles. The molecular weight excluding hydrogens is 467 g/mol. The number of ether oxygens (including phenoxy) is 1. The van der Waals surface area contributed by atoms with E-state index in [-0.39, 0.29) is 10.6 Å². The van der Waals surface area contributed by atoms with Crippen molar-refractivity contribution in [3.05, 3.63) is 78.1 Å². The van der Waals surface area contributed by atoms with Crippen LogP contribution in [0.1, 0.15) is 18.3 Å². The van der Waals surface area contributed by atoms with E-state index in [0.717, 1.165) is 12.5 Å². The molecule has 176 valence electrons. The molecule has 3 aromatic carbocycles. The molecule has 0 amide bonds. The first-order valence-corrected chi connectivity index (χ1v) is 11.7. The number of imidazole rings is 1. The molecule has 0 saturated carbocycles. The normalized spacial score (nSPS) is 13.4. The minimum atomic E-state index is -4.43. The van der Waals surface area contributed by atoms with Gasteiger partial charge >= 0.3 is 6.18 Å². The van der Waals surface area contributed by atoms with Gasteiger partial charge in [0.1, 0.15) is 11.6 Å². The van der Waals surface area contributed by atoms with E-state index in [1.54, 1.807) is 60.7 Å². The highest BCUT2D eigenvalue weighted by atomic mass is 32.2. The number of nitrogens with zero attached hydrogens (tertiary/aromatic N) is 1. The second-order valence-corrected chi connectivity index (χ2v) is 9.13. The van der Waals surface area contributed by atoms with Crippen molar-refractivity contribution in [3.8, 4) is 16.9 Å². The SMILES string of the molecule is CC(Oc1ccc(/C=C/c2nc3ccc(-c4ccccc4S(N)(=O)=O)cc3[nH]2)cc1)C(F)(F)F. The number of sulfonamides is 1. The first kappa shape index (κ1) is 23.5. The monoisotopic (exact) mass is 487 g/mol. The standard InChI is InChI=1S/C24H20F3N3O3S/c1-15(24(25,26)27)33-18-10-6-16(7-11-18)8-13-23-29-20-12-9-17(14-21(20)30-23)19-4-2-3-5-22(19)34(28,31)32/h2-15H,1H3,(H,29,30)(H2,28,31,32)/b13-8+. The van der Waals surface area contributed by atoms with Crippen LogP contribution in [0.15, 0.2) is 71.6 Å². The third kappa shape index (κ3) is 5.29. The molecule has 10 heteroatoms. The molecule has 0 aliphatic rings. The van der Waals surface area contributed by atoms with Gasteiger partial charge in [0, 0.05) is 5.56 Å². The third-order valence-electron chi connectivity index (χ3n) is 5.09. The van der Waals surface area contributed by atoms with Crippen LogP contribution in [0.25, 0.3) is 34.3 Å². The van der Waals surface area contributed by atoms with Gasteiger partial charge in [-0.2, -0.15) is 13.2 Å². The Morgan fingerprint density at radius 2 is 1.74 bits per heavy atom. The van der Waals surface area contributed by atoms with Crippen LogP contribution in [-0.2, 0) is 10.0 Å². The molecule has 0 aliphatic heterocycles. The Balaban J connectivity index is 1.55. The highest BCUT2D eigenvalue weighted by molar-refractivity contribution is 7.89. The molecule has 0 aliphatic carbocycles. The second kappa shape index (κ2) is 8.96. The average Bonchev–Trinajstić information content (AvgIpc) is 3.19. The average molecular weight is 488 g/mol. The number of fused-ring (bicyclic) bond motifs is 1. The Bertz CT molecular complexity index is 1460. The molecule has 4 aromatic rings. The summed E-state index contributed by atoms with van der Waals surface area (Å²) in [5.41, 5.74) is 3.28. The third-order valence-corrected chi connectivity index (χ3v) is 6.06. The van der Waals surface area contributed by atoms with E-state index in [1.807, 2.05) is 0 Å². The summed E-state index contributed by atoms with van der Waals surface area (Å²) in [5.74, 6) is 0.677. The number of primary sulfonamides is 1. The smallest absolute Gasteiger partial charge is 0.425 e. The maximum Gasteiger partial charge on any atom is 0.425 e. The molecule has 1 unspecified atom stereocenters. The van der Waals surface area contributed by atoms with E-state index in [9.17, 15) is 21.6 Å². The van der Waals surface area contributed by atoms with Crippen LogP contribution in [0.3, 0.4) is 0 Å². The van der Waals surface area contributed by atoms with Crippen LogP contribution < -0.4 is 9.88 Å². The maximum absolute atomic E-state index is 12.6. The predicted molar refractivity (Wildman–Crippen MR) is 124 cm³/mol. The topological polar surface area (TPSA) is 98.1 Å². The van der Waals surface area contributed by atoms with Gasteiger partial charge in [0.05, 0.1) is 15.9 Å². The molecule has 0 saturated heterocycles. The van der Waals surface area contributed by atoms with Gasteiger partial charge < -0.3 is 9.72 Å². The number of rotatable bonds is 6. The van der Waals surface area contributed by atoms with Crippen molar-refractivity contribution in [2.24, 2.45) is 5.14 Å². The van der Waals surface area contributed by atoms with Crippen molar-refractivity contribution in [2.45, 2.75) is 24.1 Å². The van der Waals surface area contributed by atoms with E-state index in [0.29, 0.717) is 28.0 Å². The molecule has 1 atom stereocenters. The number of H-pyrrole nitrogens is 1. The number of alkyl halides is 3. The lowest BCUT2D eigenvalue weighted by molar-refractivity contribution is -0.189. The number of hydrogen-bond acceptors (Lipinski definition) is 4. The summed E-state index contributed by atoms with van der Waals surface area (Å²) < 4.78 is 66.6. The van der Waals surface area contributed by atoms with Crippen LogP contribution in [0.4, 0.5) is 13.2 Å². The molecular formula is C24H20F3N3O3S. The Kier molecular flexibility index (Phi) is 6.20. The van der Waals surface area contributed by atoms with Crippen molar-refractivity contribution in [1.29, 1.82) is 0 Å². The largest absolute Gasteiger partial charge is 0.481 e. The molecule has 4 rings (SSSR count). The molecule has 0 spiro atoms. The molecule has 0 fully saturated rings. The zero-order valence-electron chi connectivity index (χ0n) is 17.9. The van der Waals surface area contributed by atoms with Gasteiger partial charge in [0.25, 0.3) is 0 Å². The Hall–Kier alpha value is -3.63. The van der Waals surface area contributed by atoms with E-state index < -0.39 is 22.3 Å². The number of hydrogen-bond donors (Lipinski definition) is 2. The zero-order valence-corrected chi connectivity index (χ0v) is 18.7. The van der Waals surface area contributed by atoms with Gasteiger partial charge in [-0.1, -0.05) is 42.5 Å². The summed E-state index contributed by atoms with van der Waals surface area (Å²) in [5, 5.41) is 5.34. The molecule has 0 radical (unpaired) electrons. The lowest BCUT2D eigenvalue weighted by Crippen LogP contribution is -2.31. The first-order valence-electron chi connectivity index (χ1n) is 10.1. The second-order valence-electron chi connectivity index (χ2n) is 7.60. The molecule has 3 N–H and O–H groups in total. The van der Waals surface area contributed by atoms with Crippen molar-refractivity contribution in [1.82, 2.24) is 9.97 Å². The quantitative estimate of drug-likeness (QED) is 0.382. The number of halogens is 3. The molecule has 6 nitrogen and oxygen atoms in total. The summed E-state index contributed by atoms with van der Waals surface area (Å²) in [6.45, 7) is 0.953. The molecule has 1 heterocycles. The van der Waals surface area contributed by atoms with Crippen LogP contribution in [-0.4, -0.2) is 30.7 Å². The Morgan fingerprint density at radius 3 is 2.41 bits per heavy atom. The van der Waals surface area contributed by atoms with Crippen LogP contribution in [0.2, 0.25) is 0 Å². The van der Waals surface area contributed by atoms with Gasteiger partial charge in [-0.3, -0.25) is 0 Å². The van der Waals surface area contributed by atoms with Crippen LogP contribution in [0, 0.1) is 0 Å². The number of nitrogens with two attached hydrogens (primary N) is 1. The lowest BCUT2D eigenvalue weighted by atomic mass is 10.1. The minimum Gasteiger partial charge on any atom is -0.481 e. The highest BCUT2D eigenvalue weighted by Crippen LogP contribution is 2.29. The van der Waals surface area contributed by atoms with Gasteiger partial charge in [-0.05, 0) is 54.5 Å². The number of nitrogens with one attached hydrogen (secondary N) is 1. The predicted octanol–water partition coefficient (Wildman–Crippen LogP) is 5.38. The Labute approximate surface area is 194 Å². The van der Waals surface area contributed by atoms with Crippen molar-refractivity contribution < 1.29 is 26.3 Å². The fraction of sp³-hybridized carbons (Fsp3) is 0.125. The highest BCUT2D eigenvalue weighted by Gasteiger charge is 2.38. The van der Waals surface area contributed by atoms with E-state index in [1.165, 1.54) is 18.2 Å².